The van der Waals surface area contributed by atoms with E-state index in [1.807, 2.05) is 31.2 Å². The van der Waals surface area contributed by atoms with Crippen LogP contribution in [-0.4, -0.2) is 48.2 Å². The van der Waals surface area contributed by atoms with Gasteiger partial charge in [0.15, 0.2) is 5.84 Å². The summed E-state index contributed by atoms with van der Waals surface area (Å²) in [5.74, 6) is 0.199. The minimum Gasteiger partial charge on any atom is -0.487 e. The zero-order chi connectivity index (χ0) is 22.9. The van der Waals surface area contributed by atoms with E-state index in [1.54, 1.807) is 12.1 Å². The molecule has 0 unspecified atom stereocenters. The first-order valence-corrected chi connectivity index (χ1v) is 12.0. The van der Waals surface area contributed by atoms with E-state index in [9.17, 15) is 13.2 Å². The number of carbonyl (C=O) groups is 1. The fourth-order valence-corrected chi connectivity index (χ4v) is 4.16. The first-order chi connectivity index (χ1) is 15.2. The Morgan fingerprint density at radius 1 is 1.16 bits per heavy atom. The Balaban J connectivity index is 1.49. The second-order valence-corrected chi connectivity index (χ2v) is 9.59. The van der Waals surface area contributed by atoms with Gasteiger partial charge in [0.2, 0.25) is 5.17 Å². The van der Waals surface area contributed by atoms with Crippen LogP contribution in [0.1, 0.15) is 11.1 Å². The van der Waals surface area contributed by atoms with Crippen molar-refractivity contribution in [1.29, 1.82) is 5.41 Å². The first kappa shape index (κ1) is 21.8. The Kier molecular flexibility index (Phi) is 5.85. The van der Waals surface area contributed by atoms with E-state index in [0.717, 1.165) is 11.8 Å². The molecule has 0 aliphatic carbocycles. The number of benzene rings is 2. The van der Waals surface area contributed by atoms with Crippen molar-refractivity contribution in [2.24, 2.45) is 10.1 Å². The van der Waals surface area contributed by atoms with Gasteiger partial charge < -0.3 is 8.92 Å². The molecule has 2 aromatic carbocycles. The number of nitrogens with zero attached hydrogens (tertiary/aromatic N) is 3. The molecule has 2 aliphatic rings. The van der Waals surface area contributed by atoms with Crippen molar-refractivity contribution < 1.29 is 22.1 Å². The van der Waals surface area contributed by atoms with Gasteiger partial charge in [-0.25, -0.2) is 0 Å². The highest BCUT2D eigenvalue weighted by atomic mass is 32.2. The molecule has 2 heterocycles. The topological polar surface area (TPSA) is 121 Å². The van der Waals surface area contributed by atoms with Crippen LogP contribution in [0.5, 0.6) is 11.5 Å². The number of ether oxygens (including phenoxy) is 1. The molecule has 4 rings (SSSR count). The smallest absolute Gasteiger partial charge is 0.306 e. The van der Waals surface area contributed by atoms with Crippen LogP contribution in [0.25, 0.3) is 6.08 Å². The van der Waals surface area contributed by atoms with Gasteiger partial charge in [-0.15, -0.1) is 0 Å². The summed E-state index contributed by atoms with van der Waals surface area (Å²) in [7, 11) is -3.63. The molecule has 0 saturated heterocycles. The molecule has 1 N–H and O–H groups in total. The number of amides is 1. The lowest BCUT2D eigenvalue weighted by Crippen LogP contribution is -2.35. The fraction of sp³-hybridized carbons (Fsp3) is 0.143. The predicted octanol–water partition coefficient (Wildman–Crippen LogP) is 3.03. The number of nitrogens with one attached hydrogen (secondary N) is 1. The third kappa shape index (κ3) is 5.06. The number of hydrazone groups is 1. The number of amidine groups is 2. The van der Waals surface area contributed by atoms with Crippen LogP contribution in [0, 0.1) is 12.3 Å². The number of fused-ring (bicyclic) bond motifs is 1. The molecule has 32 heavy (non-hydrogen) atoms. The van der Waals surface area contributed by atoms with Crippen LogP contribution >= 0.6 is 11.8 Å². The minimum absolute atomic E-state index is 0.0655. The monoisotopic (exact) mass is 470 g/mol. The third-order valence-electron chi connectivity index (χ3n) is 4.29. The van der Waals surface area contributed by atoms with E-state index < -0.39 is 16.0 Å². The summed E-state index contributed by atoms with van der Waals surface area (Å²) in [6, 6.07) is 13.7. The van der Waals surface area contributed by atoms with Crippen molar-refractivity contribution in [1.82, 2.24) is 5.01 Å². The van der Waals surface area contributed by atoms with E-state index in [2.05, 4.69) is 10.1 Å². The third-order valence-corrected chi connectivity index (χ3v) is 5.66. The van der Waals surface area contributed by atoms with Gasteiger partial charge in [0, 0.05) is 0 Å². The number of hydrogen-bond acceptors (Lipinski definition) is 8. The summed E-state index contributed by atoms with van der Waals surface area (Å²) in [5, 5.41) is 15.0. The first-order valence-electron chi connectivity index (χ1n) is 9.36. The second-order valence-electron chi connectivity index (χ2n) is 6.98. The van der Waals surface area contributed by atoms with Crippen molar-refractivity contribution in [3.05, 3.63) is 65.2 Å². The molecule has 9 nitrogen and oxygen atoms in total. The lowest BCUT2D eigenvalue weighted by molar-refractivity contribution is -0.114. The minimum atomic E-state index is -3.63. The standard InChI is InChI=1S/C21H18N4O5S2/c1-13-4-3-5-16(10-13)29-12-18-24-25-19(22)17(20(26)23-21(25)31-18)11-14-6-8-15(9-7-14)30-32(2,27)28/h3-11,22H,12H2,1-2H3. The molecule has 2 aliphatic heterocycles. The number of thioether (sulfide) groups is 1. The van der Waals surface area contributed by atoms with Crippen molar-refractivity contribution >= 4 is 49.9 Å². The van der Waals surface area contributed by atoms with Gasteiger partial charge in [-0.1, -0.05) is 24.3 Å². The normalized spacial score (nSPS) is 17.2. The quantitative estimate of drug-likeness (QED) is 0.509. The van der Waals surface area contributed by atoms with Gasteiger partial charge in [-0.2, -0.15) is 23.5 Å². The van der Waals surface area contributed by atoms with Gasteiger partial charge >= 0.3 is 10.1 Å². The Morgan fingerprint density at radius 3 is 2.59 bits per heavy atom. The van der Waals surface area contributed by atoms with Gasteiger partial charge in [-0.3, -0.25) is 10.2 Å². The lowest BCUT2D eigenvalue weighted by atomic mass is 10.1. The Bertz CT molecular complexity index is 1300. The highest BCUT2D eigenvalue weighted by Crippen LogP contribution is 2.29. The SMILES string of the molecule is Cc1cccc(OCC2=NN3C(=N)C(=Cc4ccc(OS(C)(=O)=O)cc4)C(=O)N=C3S2)c1. The number of carbonyl (C=O) groups excluding carboxylic acids is 1. The summed E-state index contributed by atoms with van der Waals surface area (Å²) in [6.07, 6.45) is 2.45. The molecule has 0 atom stereocenters. The molecule has 164 valence electrons. The summed E-state index contributed by atoms with van der Waals surface area (Å²) in [5.41, 5.74) is 1.72. The van der Waals surface area contributed by atoms with Crippen LogP contribution in [0.4, 0.5) is 0 Å². The Hall–Kier alpha value is -3.44. The van der Waals surface area contributed by atoms with Crippen molar-refractivity contribution in [2.75, 3.05) is 12.9 Å². The Labute approximate surface area is 189 Å². The number of rotatable bonds is 6. The molecular formula is C21H18N4O5S2. The Morgan fingerprint density at radius 2 is 1.91 bits per heavy atom. The highest BCUT2D eigenvalue weighted by molar-refractivity contribution is 8.27. The molecule has 0 aromatic heterocycles. The summed E-state index contributed by atoms with van der Waals surface area (Å²) in [4.78, 5) is 16.5. The van der Waals surface area contributed by atoms with Crippen molar-refractivity contribution in [3.8, 4) is 11.5 Å². The molecule has 0 fully saturated rings. The highest BCUT2D eigenvalue weighted by Gasteiger charge is 2.35. The zero-order valence-corrected chi connectivity index (χ0v) is 18.7. The lowest BCUT2D eigenvalue weighted by Gasteiger charge is -2.20. The van der Waals surface area contributed by atoms with Crippen LogP contribution in [-0.2, 0) is 14.9 Å². The molecule has 2 aromatic rings. The maximum Gasteiger partial charge on any atom is 0.306 e. The van der Waals surface area contributed by atoms with Gasteiger partial charge in [0.25, 0.3) is 5.91 Å². The number of aryl methyl sites for hydroxylation is 1. The van der Waals surface area contributed by atoms with E-state index in [4.69, 9.17) is 14.3 Å². The fourth-order valence-electron chi connectivity index (χ4n) is 2.90. The number of hydrogen-bond donors (Lipinski definition) is 1. The van der Waals surface area contributed by atoms with Gasteiger partial charge in [0.1, 0.15) is 23.1 Å². The molecule has 0 radical (unpaired) electrons. The average Bonchev–Trinajstić information content (AvgIpc) is 3.13. The largest absolute Gasteiger partial charge is 0.487 e. The van der Waals surface area contributed by atoms with E-state index in [-0.39, 0.29) is 23.8 Å². The van der Waals surface area contributed by atoms with Crippen molar-refractivity contribution in [3.63, 3.8) is 0 Å². The molecule has 11 heteroatoms. The maximum absolute atomic E-state index is 12.5. The van der Waals surface area contributed by atoms with Crippen LogP contribution in [0.15, 0.2) is 64.2 Å². The van der Waals surface area contributed by atoms with Gasteiger partial charge in [-0.05, 0) is 60.2 Å². The number of aliphatic imine (C=N–C) groups is 1. The van der Waals surface area contributed by atoms with E-state index in [0.29, 0.717) is 21.5 Å². The predicted molar refractivity (Wildman–Crippen MR) is 124 cm³/mol. The molecule has 0 bridgehead atoms. The molecular weight excluding hydrogens is 452 g/mol. The second kappa shape index (κ2) is 8.60. The summed E-state index contributed by atoms with van der Waals surface area (Å²) >= 11 is 1.18. The molecule has 0 spiro atoms. The van der Waals surface area contributed by atoms with E-state index >= 15 is 0 Å². The summed E-state index contributed by atoms with van der Waals surface area (Å²) < 4.78 is 33.0. The average molecular weight is 471 g/mol. The van der Waals surface area contributed by atoms with Crippen LogP contribution in [0.3, 0.4) is 0 Å². The molecule has 0 saturated carbocycles. The zero-order valence-electron chi connectivity index (χ0n) is 17.1. The van der Waals surface area contributed by atoms with Crippen LogP contribution in [0.2, 0.25) is 0 Å². The van der Waals surface area contributed by atoms with Gasteiger partial charge in [0.05, 0.1) is 11.8 Å². The maximum atomic E-state index is 12.5. The van der Waals surface area contributed by atoms with Crippen molar-refractivity contribution in [2.45, 2.75) is 6.92 Å². The molecule has 1 amide bonds. The van der Waals surface area contributed by atoms with Crippen LogP contribution < -0.4 is 8.92 Å². The summed E-state index contributed by atoms with van der Waals surface area (Å²) in [6.45, 7) is 2.16. The van der Waals surface area contributed by atoms with E-state index in [1.165, 1.54) is 35.0 Å².